The summed E-state index contributed by atoms with van der Waals surface area (Å²) in [4.78, 5) is 0. The number of rotatable bonds is 5. The van der Waals surface area contributed by atoms with Gasteiger partial charge in [0.25, 0.3) is 0 Å². The van der Waals surface area contributed by atoms with Gasteiger partial charge in [0.2, 0.25) is 0 Å². The zero-order chi connectivity index (χ0) is 12.2. The molecule has 0 spiro atoms. The molecule has 0 radical (unpaired) electrons. The van der Waals surface area contributed by atoms with E-state index in [1.165, 1.54) is 13.2 Å². The number of hydrogen-bond donors (Lipinski definition) is 1. The van der Waals surface area contributed by atoms with E-state index in [4.69, 9.17) is 15.2 Å². The third-order valence-electron chi connectivity index (χ3n) is 2.76. The Morgan fingerprint density at radius 2 is 2.06 bits per heavy atom. The lowest BCUT2D eigenvalue weighted by molar-refractivity contribution is 0.129. The van der Waals surface area contributed by atoms with Crippen molar-refractivity contribution in [1.82, 2.24) is 0 Å². The topological polar surface area (TPSA) is 44.5 Å². The molecule has 1 atom stereocenters. The van der Waals surface area contributed by atoms with Gasteiger partial charge in [-0.05, 0) is 24.1 Å². The normalized spacial score (nSPS) is 14.6. The highest BCUT2D eigenvalue weighted by atomic mass is 19.1. The predicted octanol–water partition coefficient (Wildman–Crippen LogP) is 2.04. The second-order valence-corrected chi connectivity index (χ2v) is 3.79. The summed E-state index contributed by atoms with van der Waals surface area (Å²) in [5, 5.41) is 0. The molecule has 1 aromatic carbocycles. The second kappa shape index (κ2) is 5.27. The van der Waals surface area contributed by atoms with Gasteiger partial charge in [0.15, 0.2) is 11.6 Å². The maximum atomic E-state index is 13.5. The molecule has 1 rings (SSSR count). The van der Waals surface area contributed by atoms with Crippen LogP contribution in [0.25, 0.3) is 0 Å². The Morgan fingerprint density at radius 3 is 2.50 bits per heavy atom. The van der Waals surface area contributed by atoms with E-state index in [1.54, 1.807) is 19.2 Å². The van der Waals surface area contributed by atoms with Gasteiger partial charge in [0.05, 0.1) is 19.3 Å². The number of nitrogens with two attached hydrogens (primary N) is 1. The molecule has 16 heavy (non-hydrogen) atoms. The van der Waals surface area contributed by atoms with Crippen LogP contribution in [-0.4, -0.2) is 20.8 Å². The Labute approximate surface area is 95.4 Å². The number of methoxy groups -OCH3 is 2. The van der Waals surface area contributed by atoms with Crippen LogP contribution in [0.4, 0.5) is 4.39 Å². The molecule has 2 N–H and O–H groups in total. The zero-order valence-corrected chi connectivity index (χ0v) is 9.92. The van der Waals surface area contributed by atoms with Gasteiger partial charge < -0.3 is 15.2 Å². The van der Waals surface area contributed by atoms with Gasteiger partial charge in [-0.2, -0.15) is 0 Å². The Kier molecular flexibility index (Phi) is 4.26. The standard InChI is InChI=1S/C12H18FNO2/c1-4-12(14,8-15-2)9-5-6-11(16-3)10(13)7-9/h5-7H,4,8,14H2,1-3H3. The molecule has 1 aromatic rings. The Morgan fingerprint density at radius 1 is 1.38 bits per heavy atom. The molecule has 0 saturated carbocycles. The molecule has 90 valence electrons. The fourth-order valence-electron chi connectivity index (χ4n) is 1.62. The van der Waals surface area contributed by atoms with Crippen LogP contribution in [0, 0.1) is 5.82 Å². The molecule has 1 unspecified atom stereocenters. The van der Waals surface area contributed by atoms with Crippen molar-refractivity contribution in [3.63, 3.8) is 0 Å². The van der Waals surface area contributed by atoms with Crippen molar-refractivity contribution >= 4 is 0 Å². The second-order valence-electron chi connectivity index (χ2n) is 3.79. The van der Waals surface area contributed by atoms with Crippen molar-refractivity contribution in [2.45, 2.75) is 18.9 Å². The first-order valence-corrected chi connectivity index (χ1v) is 5.19. The van der Waals surface area contributed by atoms with E-state index in [0.717, 1.165) is 5.56 Å². The highest BCUT2D eigenvalue weighted by molar-refractivity contribution is 5.33. The first kappa shape index (κ1) is 12.9. The lowest BCUT2D eigenvalue weighted by Gasteiger charge is -2.28. The molecule has 0 aromatic heterocycles. The van der Waals surface area contributed by atoms with Crippen LogP contribution in [0.15, 0.2) is 18.2 Å². The lowest BCUT2D eigenvalue weighted by atomic mass is 9.89. The fourth-order valence-corrected chi connectivity index (χ4v) is 1.62. The monoisotopic (exact) mass is 227 g/mol. The molecule has 0 aliphatic rings. The summed E-state index contributed by atoms with van der Waals surface area (Å²) in [6, 6.07) is 4.75. The minimum atomic E-state index is -0.651. The van der Waals surface area contributed by atoms with Crippen LogP contribution in [-0.2, 0) is 10.3 Å². The molecule has 4 heteroatoms. The average molecular weight is 227 g/mol. The zero-order valence-electron chi connectivity index (χ0n) is 9.92. The average Bonchev–Trinajstić information content (AvgIpc) is 2.29. The first-order valence-electron chi connectivity index (χ1n) is 5.19. The molecule has 0 aliphatic heterocycles. The van der Waals surface area contributed by atoms with Crippen LogP contribution < -0.4 is 10.5 Å². The SMILES string of the molecule is CCC(N)(COC)c1ccc(OC)c(F)c1. The first-order chi connectivity index (χ1) is 7.57. The van der Waals surface area contributed by atoms with E-state index in [-0.39, 0.29) is 5.75 Å². The number of ether oxygens (including phenoxy) is 2. The van der Waals surface area contributed by atoms with Crippen molar-refractivity contribution in [1.29, 1.82) is 0 Å². The van der Waals surface area contributed by atoms with Crippen molar-refractivity contribution in [2.24, 2.45) is 5.73 Å². The van der Waals surface area contributed by atoms with Gasteiger partial charge in [-0.1, -0.05) is 13.0 Å². The van der Waals surface area contributed by atoms with Crippen LogP contribution in [0.1, 0.15) is 18.9 Å². The third-order valence-corrected chi connectivity index (χ3v) is 2.76. The van der Waals surface area contributed by atoms with Gasteiger partial charge >= 0.3 is 0 Å². The number of benzene rings is 1. The molecular formula is C12H18FNO2. The number of hydrogen-bond acceptors (Lipinski definition) is 3. The summed E-state index contributed by atoms with van der Waals surface area (Å²) in [7, 11) is 3.01. The minimum absolute atomic E-state index is 0.222. The highest BCUT2D eigenvalue weighted by Crippen LogP contribution is 2.26. The van der Waals surface area contributed by atoms with Crippen molar-refractivity contribution in [3.8, 4) is 5.75 Å². The molecule has 0 heterocycles. The van der Waals surface area contributed by atoms with Gasteiger partial charge in [-0.15, -0.1) is 0 Å². The number of halogens is 1. The third kappa shape index (κ3) is 2.51. The van der Waals surface area contributed by atoms with E-state index in [0.29, 0.717) is 13.0 Å². The summed E-state index contributed by atoms with van der Waals surface area (Å²) in [6.07, 6.45) is 0.673. The summed E-state index contributed by atoms with van der Waals surface area (Å²) < 4.78 is 23.5. The molecular weight excluding hydrogens is 209 g/mol. The summed E-state index contributed by atoms with van der Waals surface area (Å²) in [5.41, 5.74) is 6.22. The molecule has 0 aliphatic carbocycles. The van der Waals surface area contributed by atoms with Crippen LogP contribution >= 0.6 is 0 Å². The predicted molar refractivity (Wildman–Crippen MR) is 61.0 cm³/mol. The summed E-state index contributed by atoms with van der Waals surface area (Å²) >= 11 is 0. The molecule has 0 bridgehead atoms. The molecule has 0 amide bonds. The van der Waals surface area contributed by atoms with Gasteiger partial charge in [0.1, 0.15) is 0 Å². The van der Waals surface area contributed by atoms with E-state index in [1.807, 2.05) is 6.92 Å². The van der Waals surface area contributed by atoms with Gasteiger partial charge in [-0.3, -0.25) is 0 Å². The smallest absolute Gasteiger partial charge is 0.165 e. The van der Waals surface area contributed by atoms with Crippen LogP contribution in [0.5, 0.6) is 5.75 Å². The van der Waals surface area contributed by atoms with E-state index >= 15 is 0 Å². The van der Waals surface area contributed by atoms with Gasteiger partial charge in [0, 0.05) is 7.11 Å². The van der Waals surface area contributed by atoms with Crippen LogP contribution in [0.2, 0.25) is 0 Å². The van der Waals surface area contributed by atoms with Gasteiger partial charge in [-0.25, -0.2) is 4.39 Å². The van der Waals surface area contributed by atoms with E-state index in [2.05, 4.69) is 0 Å². The molecule has 0 saturated heterocycles. The van der Waals surface area contributed by atoms with Crippen molar-refractivity contribution in [2.75, 3.05) is 20.8 Å². The molecule has 3 nitrogen and oxygen atoms in total. The Bertz CT molecular complexity index is 357. The molecule has 0 fully saturated rings. The lowest BCUT2D eigenvalue weighted by Crippen LogP contribution is -2.40. The largest absolute Gasteiger partial charge is 0.494 e. The van der Waals surface area contributed by atoms with Crippen LogP contribution in [0.3, 0.4) is 0 Å². The van der Waals surface area contributed by atoms with Crippen molar-refractivity contribution in [3.05, 3.63) is 29.6 Å². The maximum absolute atomic E-state index is 13.5. The van der Waals surface area contributed by atoms with E-state index in [9.17, 15) is 4.39 Å². The maximum Gasteiger partial charge on any atom is 0.165 e. The minimum Gasteiger partial charge on any atom is -0.494 e. The summed E-state index contributed by atoms with van der Waals surface area (Å²) in [6.45, 7) is 2.30. The van der Waals surface area contributed by atoms with E-state index < -0.39 is 11.4 Å². The quantitative estimate of drug-likeness (QED) is 0.837. The Balaban J connectivity index is 3.07. The summed E-state index contributed by atoms with van der Waals surface area (Å²) in [5.74, 6) is -0.181. The highest BCUT2D eigenvalue weighted by Gasteiger charge is 2.26. The Hall–Kier alpha value is -1.13. The fraction of sp³-hybridized carbons (Fsp3) is 0.500. The van der Waals surface area contributed by atoms with Crippen molar-refractivity contribution < 1.29 is 13.9 Å².